The van der Waals surface area contributed by atoms with Gasteiger partial charge in [-0.05, 0) is 30.2 Å². The second-order valence-electron chi connectivity index (χ2n) is 8.09. The van der Waals surface area contributed by atoms with E-state index in [1.807, 2.05) is 42.5 Å². The maximum absolute atomic E-state index is 11.8. The normalized spacial score (nSPS) is 16.7. The summed E-state index contributed by atoms with van der Waals surface area (Å²) in [7, 11) is 0. The number of rotatable bonds is 9. The van der Waals surface area contributed by atoms with Crippen LogP contribution in [0.1, 0.15) is 18.1 Å². The van der Waals surface area contributed by atoms with Gasteiger partial charge in [0.15, 0.2) is 11.9 Å². The molecule has 0 fully saturated rings. The average Bonchev–Trinajstić information content (AvgIpc) is 3.16. The molecular weight excluding hydrogens is 378 g/mol. The van der Waals surface area contributed by atoms with Gasteiger partial charge in [-0.2, -0.15) is 0 Å². The van der Waals surface area contributed by atoms with Crippen molar-refractivity contribution in [2.45, 2.75) is 31.7 Å². The van der Waals surface area contributed by atoms with Crippen LogP contribution in [0.3, 0.4) is 0 Å². The first-order valence-electron chi connectivity index (χ1n) is 10.2. The summed E-state index contributed by atoms with van der Waals surface area (Å²) in [6.07, 6.45) is 1.97. The Balaban J connectivity index is 1.30. The molecular formula is C24H27N3O3. The SMILES string of the molecule is CC(C=O)(CNCC(O)CN1Cc2ccccc2C1)Oc1cccc2cccnc12. The minimum atomic E-state index is -1.06. The van der Waals surface area contributed by atoms with Gasteiger partial charge in [0.05, 0.1) is 6.10 Å². The number of ether oxygens (including phenoxy) is 1. The Morgan fingerprint density at radius 1 is 1.17 bits per heavy atom. The maximum Gasteiger partial charge on any atom is 0.173 e. The van der Waals surface area contributed by atoms with Crippen LogP contribution in [0.4, 0.5) is 0 Å². The predicted molar refractivity (Wildman–Crippen MR) is 116 cm³/mol. The molecule has 0 radical (unpaired) electrons. The molecule has 2 atom stereocenters. The predicted octanol–water partition coefficient (Wildman–Crippen LogP) is 2.54. The lowest BCUT2D eigenvalue weighted by atomic mass is 10.1. The number of pyridine rings is 1. The van der Waals surface area contributed by atoms with Gasteiger partial charge >= 0.3 is 0 Å². The number of carbonyl (C=O) groups excluding carboxylic acids is 1. The van der Waals surface area contributed by atoms with E-state index in [0.717, 1.165) is 30.3 Å². The lowest BCUT2D eigenvalue weighted by molar-refractivity contribution is -0.120. The Kier molecular flexibility index (Phi) is 6.08. The van der Waals surface area contributed by atoms with E-state index >= 15 is 0 Å². The molecule has 0 bridgehead atoms. The number of fused-ring (bicyclic) bond motifs is 2. The number of carbonyl (C=O) groups is 1. The Labute approximate surface area is 176 Å². The summed E-state index contributed by atoms with van der Waals surface area (Å²) in [5.41, 5.74) is 2.31. The molecule has 3 aromatic rings. The van der Waals surface area contributed by atoms with Gasteiger partial charge in [0, 0.05) is 44.3 Å². The lowest BCUT2D eigenvalue weighted by Crippen LogP contribution is -2.47. The van der Waals surface area contributed by atoms with Crippen molar-refractivity contribution in [2.75, 3.05) is 19.6 Å². The molecule has 1 aromatic heterocycles. The zero-order valence-electron chi connectivity index (χ0n) is 17.1. The number of aromatic nitrogens is 1. The summed E-state index contributed by atoms with van der Waals surface area (Å²) in [4.78, 5) is 18.4. The van der Waals surface area contributed by atoms with Crippen LogP contribution in [0.2, 0.25) is 0 Å². The summed E-state index contributed by atoms with van der Waals surface area (Å²) in [5.74, 6) is 0.569. The number of aliphatic hydroxyl groups is 1. The summed E-state index contributed by atoms with van der Waals surface area (Å²) in [6, 6.07) is 17.8. The molecule has 156 valence electrons. The number of aliphatic hydroxyl groups excluding tert-OH is 1. The Bertz CT molecular complexity index is 995. The van der Waals surface area contributed by atoms with E-state index in [-0.39, 0.29) is 6.54 Å². The molecule has 2 heterocycles. The van der Waals surface area contributed by atoms with Gasteiger partial charge in [-0.3, -0.25) is 14.7 Å². The molecule has 0 aliphatic carbocycles. The van der Waals surface area contributed by atoms with Crippen molar-refractivity contribution in [1.82, 2.24) is 15.2 Å². The van der Waals surface area contributed by atoms with Crippen molar-refractivity contribution in [3.05, 3.63) is 71.9 Å². The van der Waals surface area contributed by atoms with Crippen LogP contribution >= 0.6 is 0 Å². The first-order chi connectivity index (χ1) is 14.6. The highest BCUT2D eigenvalue weighted by atomic mass is 16.5. The van der Waals surface area contributed by atoms with Crippen LogP contribution in [0, 0.1) is 0 Å². The lowest BCUT2D eigenvalue weighted by Gasteiger charge is -2.27. The van der Waals surface area contributed by atoms with Crippen LogP contribution in [0.15, 0.2) is 60.8 Å². The second kappa shape index (κ2) is 8.92. The molecule has 0 amide bonds. The largest absolute Gasteiger partial charge is 0.476 e. The summed E-state index contributed by atoms with van der Waals surface area (Å²) in [5, 5.41) is 14.6. The summed E-state index contributed by atoms with van der Waals surface area (Å²) < 4.78 is 6.04. The van der Waals surface area contributed by atoms with Gasteiger partial charge in [0.1, 0.15) is 11.3 Å². The zero-order chi connectivity index (χ0) is 21.0. The molecule has 0 saturated carbocycles. The average molecular weight is 405 g/mol. The fourth-order valence-electron chi connectivity index (χ4n) is 3.89. The molecule has 1 aliphatic rings. The maximum atomic E-state index is 11.8. The van der Waals surface area contributed by atoms with E-state index < -0.39 is 11.7 Å². The van der Waals surface area contributed by atoms with Crippen molar-refractivity contribution in [2.24, 2.45) is 0 Å². The summed E-state index contributed by atoms with van der Waals surface area (Å²) in [6.45, 7) is 4.70. The highest BCUT2D eigenvalue weighted by Gasteiger charge is 2.27. The van der Waals surface area contributed by atoms with Gasteiger partial charge < -0.3 is 15.2 Å². The van der Waals surface area contributed by atoms with E-state index in [9.17, 15) is 9.90 Å². The van der Waals surface area contributed by atoms with E-state index in [1.54, 1.807) is 13.1 Å². The van der Waals surface area contributed by atoms with Crippen LogP contribution in [-0.2, 0) is 17.9 Å². The standard InChI is InChI=1S/C24H27N3O3/c1-24(17-28,30-22-10-4-8-18-9-5-11-26-23(18)22)16-25-12-21(29)15-27-13-19-6-2-3-7-20(19)14-27/h2-11,17,21,25,29H,12-16H2,1H3. The molecule has 2 N–H and O–H groups in total. The molecule has 2 unspecified atom stereocenters. The fraction of sp³-hybridized carbons (Fsp3) is 0.333. The van der Waals surface area contributed by atoms with Crippen LogP contribution in [-0.4, -0.2) is 52.6 Å². The van der Waals surface area contributed by atoms with E-state index in [1.165, 1.54) is 11.1 Å². The zero-order valence-corrected chi connectivity index (χ0v) is 17.1. The number of nitrogens with one attached hydrogen (secondary N) is 1. The molecule has 6 nitrogen and oxygen atoms in total. The third-order valence-corrected chi connectivity index (χ3v) is 5.42. The summed E-state index contributed by atoms with van der Waals surface area (Å²) >= 11 is 0. The van der Waals surface area contributed by atoms with Crippen LogP contribution in [0.5, 0.6) is 5.75 Å². The smallest absolute Gasteiger partial charge is 0.173 e. The van der Waals surface area contributed by atoms with Gasteiger partial charge in [0.25, 0.3) is 0 Å². The van der Waals surface area contributed by atoms with Gasteiger partial charge in [-0.15, -0.1) is 0 Å². The molecule has 2 aromatic carbocycles. The quantitative estimate of drug-likeness (QED) is 0.533. The van der Waals surface area contributed by atoms with Crippen molar-refractivity contribution >= 4 is 17.2 Å². The van der Waals surface area contributed by atoms with Gasteiger partial charge in [-0.1, -0.05) is 42.5 Å². The molecule has 4 rings (SSSR count). The monoisotopic (exact) mass is 405 g/mol. The van der Waals surface area contributed by atoms with Crippen molar-refractivity contribution in [3.63, 3.8) is 0 Å². The fourth-order valence-corrected chi connectivity index (χ4v) is 3.89. The highest BCUT2D eigenvalue weighted by molar-refractivity contribution is 5.84. The van der Waals surface area contributed by atoms with E-state index in [0.29, 0.717) is 18.8 Å². The number of para-hydroxylation sites is 1. The third kappa shape index (κ3) is 4.67. The molecule has 30 heavy (non-hydrogen) atoms. The molecule has 0 saturated heterocycles. The van der Waals surface area contributed by atoms with E-state index in [2.05, 4.69) is 27.3 Å². The first-order valence-corrected chi connectivity index (χ1v) is 10.2. The van der Waals surface area contributed by atoms with Crippen molar-refractivity contribution in [1.29, 1.82) is 0 Å². The van der Waals surface area contributed by atoms with Crippen molar-refractivity contribution in [3.8, 4) is 5.75 Å². The number of hydrogen-bond acceptors (Lipinski definition) is 6. The molecule has 6 heteroatoms. The van der Waals surface area contributed by atoms with Crippen LogP contribution < -0.4 is 10.1 Å². The van der Waals surface area contributed by atoms with Gasteiger partial charge in [-0.25, -0.2) is 0 Å². The minimum absolute atomic E-state index is 0.289. The van der Waals surface area contributed by atoms with Gasteiger partial charge in [0.2, 0.25) is 0 Å². The Morgan fingerprint density at radius 2 is 1.90 bits per heavy atom. The van der Waals surface area contributed by atoms with Crippen LogP contribution in [0.25, 0.3) is 10.9 Å². The Morgan fingerprint density at radius 3 is 2.63 bits per heavy atom. The van der Waals surface area contributed by atoms with E-state index in [4.69, 9.17) is 4.74 Å². The minimum Gasteiger partial charge on any atom is -0.476 e. The number of hydrogen-bond donors (Lipinski definition) is 2. The Hall–Kier alpha value is -2.80. The molecule has 1 aliphatic heterocycles. The number of nitrogens with zero attached hydrogens (tertiary/aromatic N) is 2. The first kappa shape index (κ1) is 20.5. The van der Waals surface area contributed by atoms with Crippen molar-refractivity contribution < 1.29 is 14.6 Å². The third-order valence-electron chi connectivity index (χ3n) is 5.42. The highest BCUT2D eigenvalue weighted by Crippen LogP contribution is 2.26. The number of benzene rings is 2. The number of aldehydes is 1. The topological polar surface area (TPSA) is 74.7 Å². The number of β-amino-alcohol motifs (C(OH)–C–C–N with tert-alkyl or cyclic N) is 1. The molecule has 0 spiro atoms. The second-order valence-corrected chi connectivity index (χ2v) is 8.09.